The Bertz CT molecular complexity index is 2710. The van der Waals surface area contributed by atoms with Crippen LogP contribution in [0, 0.1) is 17.4 Å². The summed E-state index contributed by atoms with van der Waals surface area (Å²) in [5.41, 5.74) is 15.4. The summed E-state index contributed by atoms with van der Waals surface area (Å²) in [4.78, 5) is 9.94. The molecule has 8 rings (SSSR count). The number of hydrogen-bond acceptors (Lipinski definition) is 3. The predicted octanol–water partition coefficient (Wildman–Crippen LogP) is 14.9. The molecule has 0 N–H and O–H groups in total. The van der Waals surface area contributed by atoms with Gasteiger partial charge in [0.1, 0.15) is 0 Å². The van der Waals surface area contributed by atoms with Crippen molar-refractivity contribution in [1.82, 2.24) is 14.5 Å². The molecular weight excluding hydrogens is 943 g/mol. The van der Waals surface area contributed by atoms with Gasteiger partial charge < -0.3 is 9.55 Å². The third kappa shape index (κ3) is 9.58. The minimum Gasteiger partial charge on any atom is -0.333 e. The minimum absolute atomic E-state index is 0. The Morgan fingerprint density at radius 3 is 2.07 bits per heavy atom. The first-order chi connectivity index (χ1) is 28.2. The van der Waals surface area contributed by atoms with Crippen LogP contribution in [0.1, 0.15) is 82.6 Å². The number of imidazole rings is 1. The first kappa shape index (κ1) is 44.8. The van der Waals surface area contributed by atoms with Crippen molar-refractivity contribution in [3.63, 3.8) is 0 Å². The van der Waals surface area contributed by atoms with E-state index in [4.69, 9.17) is 4.98 Å². The molecule has 3 heterocycles. The number of aromatic nitrogens is 3. The average molecular weight is 1000 g/mol. The van der Waals surface area contributed by atoms with Crippen molar-refractivity contribution in [3.05, 3.63) is 162 Å². The number of rotatable bonds is 10. The van der Waals surface area contributed by atoms with Crippen LogP contribution in [-0.2, 0) is 26.5 Å². The van der Waals surface area contributed by atoms with Crippen LogP contribution in [0.3, 0.4) is 0 Å². The summed E-state index contributed by atoms with van der Waals surface area (Å²) in [6.45, 7) is 27.2. The molecule has 5 aromatic carbocycles. The Labute approximate surface area is 377 Å². The van der Waals surface area contributed by atoms with E-state index in [0.29, 0.717) is 17.8 Å². The van der Waals surface area contributed by atoms with Crippen LogP contribution in [-0.4, -0.2) is 22.6 Å². The molecule has 0 atom stereocenters. The number of benzene rings is 5. The summed E-state index contributed by atoms with van der Waals surface area (Å²) in [6, 6.07) is 44.2. The minimum atomic E-state index is -1.34. The topological polar surface area (TPSA) is 30.7 Å². The van der Waals surface area contributed by atoms with E-state index in [1.165, 1.54) is 48.8 Å². The van der Waals surface area contributed by atoms with Crippen LogP contribution in [0.5, 0.6) is 0 Å². The predicted molar refractivity (Wildman–Crippen MR) is 259 cm³/mol. The van der Waals surface area contributed by atoms with Gasteiger partial charge in [0, 0.05) is 32.0 Å². The summed E-state index contributed by atoms with van der Waals surface area (Å²) in [5.74, 6) is 2.26. The van der Waals surface area contributed by atoms with Crippen LogP contribution < -0.4 is 5.19 Å². The van der Waals surface area contributed by atoms with Gasteiger partial charge in [-0.1, -0.05) is 161 Å². The van der Waals surface area contributed by atoms with Gasteiger partial charge in [-0.2, -0.15) is 0 Å². The maximum atomic E-state index is 5.25. The third-order valence-electron chi connectivity index (χ3n) is 10.9. The van der Waals surface area contributed by atoms with E-state index in [0.717, 1.165) is 51.2 Å². The van der Waals surface area contributed by atoms with Crippen molar-refractivity contribution in [2.24, 2.45) is 5.92 Å². The Morgan fingerprint density at radius 1 is 0.783 bits per heavy atom. The second-order valence-electron chi connectivity index (χ2n) is 17.9. The standard InChI is InChI=1S/C36H33N2S.C18H24NSi.Ir/c1-22(2)26-16-17-34-30(18-26)31(21-39-34)36-37-32-14-10-11-15-33(32)38(36)35-28(23(3)4)19-27(20-29(35)24(5)6)25-12-8-7-9-13-25;1-14(2)11-16-12-17(15-9-7-6-8-10-15)19-13-18(16)20(3,4)5;/h7-20,23-24H,1H2,2-6H3;6-9,12-14H,11H2,1-5H3;/q2*-1;. The quantitative estimate of drug-likeness (QED) is 0.101. The Balaban J connectivity index is 0.000000243. The fourth-order valence-electron chi connectivity index (χ4n) is 7.92. The normalized spacial score (nSPS) is 11.6. The number of allylic oxidation sites excluding steroid dienone is 1. The van der Waals surface area contributed by atoms with E-state index in [9.17, 15) is 0 Å². The second kappa shape index (κ2) is 18.9. The molecule has 1 radical (unpaired) electrons. The van der Waals surface area contributed by atoms with Gasteiger partial charge in [-0.05, 0) is 94.1 Å². The van der Waals surface area contributed by atoms with Gasteiger partial charge in [0.05, 0.1) is 24.9 Å². The Morgan fingerprint density at radius 2 is 1.45 bits per heavy atom. The molecule has 0 saturated carbocycles. The fourth-order valence-corrected chi connectivity index (χ4v) is 10.3. The Kier molecular flexibility index (Phi) is 14.1. The van der Waals surface area contributed by atoms with E-state index < -0.39 is 8.07 Å². The average Bonchev–Trinajstić information content (AvgIpc) is 3.81. The molecule has 0 aliphatic heterocycles. The second-order valence-corrected chi connectivity index (χ2v) is 23.7. The largest absolute Gasteiger partial charge is 0.333 e. The molecular formula is C54H57IrN3SSi-2. The molecule has 309 valence electrons. The van der Waals surface area contributed by atoms with Crippen LogP contribution in [0.4, 0.5) is 0 Å². The monoisotopic (exact) mass is 1000 g/mol. The summed E-state index contributed by atoms with van der Waals surface area (Å²) < 4.78 is 3.61. The number of nitrogens with zero attached hydrogens (tertiary/aromatic N) is 3. The molecule has 8 aromatic rings. The maximum absolute atomic E-state index is 5.25. The first-order valence-electron chi connectivity index (χ1n) is 21.0. The van der Waals surface area contributed by atoms with Gasteiger partial charge in [-0.25, -0.2) is 0 Å². The number of para-hydroxylation sites is 2. The molecule has 0 unspecified atom stereocenters. The molecule has 0 saturated heterocycles. The van der Waals surface area contributed by atoms with Crippen molar-refractivity contribution < 1.29 is 20.1 Å². The van der Waals surface area contributed by atoms with Crippen molar-refractivity contribution >= 4 is 51.3 Å². The molecule has 0 aliphatic carbocycles. The molecule has 0 bridgehead atoms. The zero-order chi connectivity index (χ0) is 42.0. The number of thiophene rings is 1. The van der Waals surface area contributed by atoms with Gasteiger partial charge in [-0.3, -0.25) is 16.3 Å². The maximum Gasteiger partial charge on any atom is 0.0798 e. The van der Waals surface area contributed by atoms with Crippen molar-refractivity contribution in [1.29, 1.82) is 0 Å². The zero-order valence-corrected chi connectivity index (χ0v) is 41.0. The van der Waals surface area contributed by atoms with E-state index in [1.54, 1.807) is 11.3 Å². The van der Waals surface area contributed by atoms with E-state index in [2.05, 4.69) is 199 Å². The molecule has 0 amide bonds. The van der Waals surface area contributed by atoms with Gasteiger partial charge in [-0.15, -0.1) is 41.3 Å². The molecule has 3 nitrogen and oxygen atoms in total. The number of hydrogen-bond donors (Lipinski definition) is 0. The number of pyridine rings is 1. The van der Waals surface area contributed by atoms with Gasteiger partial charge in [0.2, 0.25) is 0 Å². The summed E-state index contributed by atoms with van der Waals surface area (Å²) >= 11 is 1.66. The summed E-state index contributed by atoms with van der Waals surface area (Å²) in [5, 5.41) is 6.30. The van der Waals surface area contributed by atoms with E-state index >= 15 is 0 Å². The summed E-state index contributed by atoms with van der Waals surface area (Å²) in [6.07, 6.45) is 3.24. The third-order valence-corrected chi connectivity index (χ3v) is 13.9. The van der Waals surface area contributed by atoms with Crippen LogP contribution in [0.15, 0.2) is 128 Å². The smallest absolute Gasteiger partial charge is 0.0798 e. The summed E-state index contributed by atoms with van der Waals surface area (Å²) in [7, 11) is -1.34. The van der Waals surface area contributed by atoms with Gasteiger partial charge in [0.15, 0.2) is 0 Å². The van der Waals surface area contributed by atoms with Gasteiger partial charge in [0.25, 0.3) is 0 Å². The molecule has 60 heavy (non-hydrogen) atoms. The molecule has 0 aliphatic rings. The van der Waals surface area contributed by atoms with Crippen molar-refractivity contribution in [2.45, 2.75) is 86.4 Å². The van der Waals surface area contributed by atoms with Crippen LogP contribution >= 0.6 is 11.3 Å². The molecule has 3 aromatic heterocycles. The molecule has 0 spiro atoms. The van der Waals surface area contributed by atoms with Crippen molar-refractivity contribution in [2.75, 3.05) is 0 Å². The first-order valence-corrected chi connectivity index (χ1v) is 25.3. The van der Waals surface area contributed by atoms with Crippen LogP contribution in [0.25, 0.3) is 66.2 Å². The van der Waals surface area contributed by atoms with Gasteiger partial charge >= 0.3 is 0 Å². The fraction of sp³-hybridized carbons (Fsp3) is 0.259. The van der Waals surface area contributed by atoms with Crippen LogP contribution in [0.2, 0.25) is 19.6 Å². The zero-order valence-electron chi connectivity index (χ0n) is 36.8. The Hall–Kier alpha value is -4.71. The molecule has 0 fully saturated rings. The van der Waals surface area contributed by atoms with E-state index in [1.807, 2.05) is 18.2 Å². The van der Waals surface area contributed by atoms with Crippen molar-refractivity contribution in [3.8, 4) is 39.5 Å². The number of fused-ring (bicyclic) bond motifs is 2. The SMILES string of the molecule is C=C(C)c1ccc2s[c-]c(-c3nc4ccccc4n3-c3c(C(C)C)cc(-c4ccccc4)cc3C(C)C)c2c1.CC(C)Cc1cc(-c2[c-]cccc2)ncc1[Si](C)(C)C.[Ir]. The van der Waals surface area contributed by atoms with E-state index in [-0.39, 0.29) is 20.1 Å². The molecule has 6 heteroatoms.